The molecule has 0 radical (unpaired) electrons. The number of amides is 2. The van der Waals surface area contributed by atoms with Gasteiger partial charge in [-0.15, -0.1) is 0 Å². The van der Waals surface area contributed by atoms with Gasteiger partial charge >= 0.3 is 0 Å². The zero-order valence-electron chi connectivity index (χ0n) is 10.4. The van der Waals surface area contributed by atoms with Gasteiger partial charge in [-0.3, -0.25) is 9.59 Å². The second kappa shape index (κ2) is 4.87. The first-order valence-corrected chi connectivity index (χ1v) is 7.91. The Morgan fingerprint density at radius 2 is 2.22 bits per heavy atom. The van der Waals surface area contributed by atoms with Gasteiger partial charge in [0, 0.05) is 26.6 Å². The molecule has 0 spiro atoms. The van der Waals surface area contributed by atoms with Crippen LogP contribution in [-0.2, 0) is 19.4 Å². The molecule has 18 heavy (non-hydrogen) atoms. The number of rotatable bonds is 3. The Balaban J connectivity index is 1.78. The molecule has 6 nitrogen and oxygen atoms in total. The van der Waals surface area contributed by atoms with Gasteiger partial charge in [-0.2, -0.15) is 0 Å². The molecular weight excluding hydrogens is 256 g/mol. The Kier molecular flexibility index (Phi) is 3.61. The second-order valence-corrected chi connectivity index (χ2v) is 7.42. The van der Waals surface area contributed by atoms with Crippen molar-refractivity contribution >= 4 is 21.7 Å². The van der Waals surface area contributed by atoms with E-state index >= 15 is 0 Å². The molecule has 7 heteroatoms. The van der Waals surface area contributed by atoms with E-state index in [9.17, 15) is 18.0 Å². The lowest BCUT2D eigenvalue weighted by molar-refractivity contribution is -0.128. The molecule has 102 valence electrons. The molecule has 0 saturated carbocycles. The molecule has 2 aliphatic heterocycles. The van der Waals surface area contributed by atoms with Crippen LogP contribution in [0.3, 0.4) is 0 Å². The van der Waals surface area contributed by atoms with Crippen LogP contribution in [0, 0.1) is 11.8 Å². The van der Waals surface area contributed by atoms with Crippen molar-refractivity contribution in [3.63, 3.8) is 0 Å². The number of sulfone groups is 1. The van der Waals surface area contributed by atoms with Crippen LogP contribution in [-0.4, -0.2) is 56.8 Å². The molecular formula is C11H18N2O4S. The third kappa shape index (κ3) is 3.01. The minimum absolute atomic E-state index is 0.0152. The van der Waals surface area contributed by atoms with Crippen LogP contribution < -0.4 is 5.32 Å². The number of hydrogen-bond acceptors (Lipinski definition) is 4. The van der Waals surface area contributed by atoms with Crippen LogP contribution >= 0.6 is 0 Å². The van der Waals surface area contributed by atoms with E-state index in [0.29, 0.717) is 19.5 Å². The highest BCUT2D eigenvalue weighted by molar-refractivity contribution is 7.91. The normalized spacial score (nSPS) is 30.7. The van der Waals surface area contributed by atoms with Gasteiger partial charge in [0.05, 0.1) is 17.4 Å². The van der Waals surface area contributed by atoms with Crippen molar-refractivity contribution in [2.24, 2.45) is 11.8 Å². The molecule has 0 aromatic rings. The van der Waals surface area contributed by atoms with E-state index in [2.05, 4.69) is 5.32 Å². The maximum absolute atomic E-state index is 11.8. The Morgan fingerprint density at radius 3 is 2.72 bits per heavy atom. The molecule has 2 aliphatic rings. The summed E-state index contributed by atoms with van der Waals surface area (Å²) >= 11 is 0. The monoisotopic (exact) mass is 274 g/mol. The van der Waals surface area contributed by atoms with Gasteiger partial charge in [0.2, 0.25) is 11.8 Å². The van der Waals surface area contributed by atoms with Crippen LogP contribution in [0.15, 0.2) is 0 Å². The number of likely N-dealkylation sites (tertiary alicyclic amines) is 1. The number of carbonyl (C=O) groups is 2. The summed E-state index contributed by atoms with van der Waals surface area (Å²) in [6, 6.07) is 0. The summed E-state index contributed by atoms with van der Waals surface area (Å²) < 4.78 is 22.5. The summed E-state index contributed by atoms with van der Waals surface area (Å²) in [7, 11) is -1.21. The minimum atomic E-state index is -2.89. The zero-order valence-corrected chi connectivity index (χ0v) is 11.2. The van der Waals surface area contributed by atoms with Crippen molar-refractivity contribution < 1.29 is 18.0 Å². The molecule has 0 aromatic carbocycles. The van der Waals surface area contributed by atoms with Gasteiger partial charge in [-0.1, -0.05) is 0 Å². The van der Waals surface area contributed by atoms with Crippen molar-refractivity contribution in [2.45, 2.75) is 12.8 Å². The summed E-state index contributed by atoms with van der Waals surface area (Å²) in [4.78, 5) is 24.7. The fraction of sp³-hybridized carbons (Fsp3) is 0.818. The molecule has 2 rings (SSSR count). The SMILES string of the molecule is CN1C[C@H](C(=O)NC[C@@H]2CCS(=O)(=O)C2)CC1=O. The molecule has 2 saturated heterocycles. The average molecular weight is 274 g/mol. The summed E-state index contributed by atoms with van der Waals surface area (Å²) in [5.74, 6) is -0.0421. The first-order valence-electron chi connectivity index (χ1n) is 6.09. The molecule has 0 aliphatic carbocycles. The standard InChI is InChI=1S/C11H18N2O4S/c1-13-6-9(4-10(13)14)11(15)12-5-8-2-3-18(16,17)7-8/h8-9H,2-7H2,1H3,(H,12,15)/t8-,9+/m0/s1. The summed E-state index contributed by atoms with van der Waals surface area (Å²) in [6.07, 6.45) is 0.872. The lowest BCUT2D eigenvalue weighted by Crippen LogP contribution is -2.35. The lowest BCUT2D eigenvalue weighted by Gasteiger charge is -2.13. The Bertz CT molecular complexity index is 460. The number of carbonyl (C=O) groups excluding carboxylic acids is 2. The first-order chi connectivity index (χ1) is 8.37. The highest BCUT2D eigenvalue weighted by Crippen LogP contribution is 2.19. The maximum atomic E-state index is 11.8. The van der Waals surface area contributed by atoms with Gasteiger partial charge in [-0.05, 0) is 12.3 Å². The number of nitrogens with one attached hydrogen (secondary N) is 1. The topological polar surface area (TPSA) is 83.6 Å². The fourth-order valence-electron chi connectivity index (χ4n) is 2.46. The van der Waals surface area contributed by atoms with Crippen molar-refractivity contribution in [3.8, 4) is 0 Å². The molecule has 2 atom stereocenters. The minimum Gasteiger partial charge on any atom is -0.355 e. The number of nitrogens with zero attached hydrogens (tertiary/aromatic N) is 1. The van der Waals surface area contributed by atoms with Gasteiger partial charge in [0.25, 0.3) is 0 Å². The highest BCUT2D eigenvalue weighted by atomic mass is 32.2. The highest BCUT2D eigenvalue weighted by Gasteiger charge is 2.33. The molecule has 1 N–H and O–H groups in total. The van der Waals surface area contributed by atoms with Crippen LogP contribution in [0.1, 0.15) is 12.8 Å². The molecule has 2 amide bonds. The van der Waals surface area contributed by atoms with E-state index in [1.165, 1.54) is 0 Å². The van der Waals surface area contributed by atoms with Crippen LogP contribution in [0.2, 0.25) is 0 Å². The van der Waals surface area contributed by atoms with E-state index < -0.39 is 9.84 Å². The van der Waals surface area contributed by atoms with Gasteiger partial charge in [0.1, 0.15) is 0 Å². The van der Waals surface area contributed by atoms with Crippen molar-refractivity contribution in [1.82, 2.24) is 10.2 Å². The van der Waals surface area contributed by atoms with Crippen molar-refractivity contribution in [2.75, 3.05) is 31.6 Å². The predicted octanol–water partition coefficient (Wildman–Crippen LogP) is -0.984. The quantitative estimate of drug-likeness (QED) is 0.716. The summed E-state index contributed by atoms with van der Waals surface area (Å²) in [5, 5.41) is 2.76. The van der Waals surface area contributed by atoms with Crippen molar-refractivity contribution in [3.05, 3.63) is 0 Å². The van der Waals surface area contributed by atoms with Gasteiger partial charge < -0.3 is 10.2 Å². The van der Waals surface area contributed by atoms with E-state index in [1.807, 2.05) is 0 Å². The Labute approximate surface area is 107 Å². The Morgan fingerprint density at radius 1 is 1.50 bits per heavy atom. The fourth-order valence-corrected chi connectivity index (χ4v) is 4.32. The maximum Gasteiger partial charge on any atom is 0.225 e. The van der Waals surface area contributed by atoms with E-state index in [1.54, 1.807) is 11.9 Å². The van der Waals surface area contributed by atoms with Gasteiger partial charge in [0.15, 0.2) is 9.84 Å². The number of hydrogen-bond donors (Lipinski definition) is 1. The molecule has 2 fully saturated rings. The summed E-state index contributed by atoms with van der Waals surface area (Å²) in [5.41, 5.74) is 0. The third-order valence-electron chi connectivity index (χ3n) is 3.60. The largest absolute Gasteiger partial charge is 0.355 e. The van der Waals surface area contributed by atoms with E-state index in [-0.39, 0.29) is 41.6 Å². The lowest BCUT2D eigenvalue weighted by atomic mass is 10.1. The van der Waals surface area contributed by atoms with Crippen LogP contribution in [0.5, 0.6) is 0 Å². The van der Waals surface area contributed by atoms with Crippen LogP contribution in [0.25, 0.3) is 0 Å². The molecule has 0 unspecified atom stereocenters. The van der Waals surface area contributed by atoms with Gasteiger partial charge in [-0.25, -0.2) is 8.42 Å². The summed E-state index contributed by atoms with van der Waals surface area (Å²) in [6.45, 7) is 0.847. The zero-order chi connectivity index (χ0) is 13.3. The average Bonchev–Trinajstić information content (AvgIpc) is 2.80. The molecule has 2 heterocycles. The van der Waals surface area contributed by atoms with Crippen LogP contribution in [0.4, 0.5) is 0 Å². The third-order valence-corrected chi connectivity index (χ3v) is 5.44. The van der Waals surface area contributed by atoms with E-state index in [0.717, 1.165) is 0 Å². The second-order valence-electron chi connectivity index (χ2n) is 5.19. The molecule has 0 aromatic heterocycles. The smallest absolute Gasteiger partial charge is 0.225 e. The Hall–Kier alpha value is -1.11. The molecule has 0 bridgehead atoms. The van der Waals surface area contributed by atoms with E-state index in [4.69, 9.17) is 0 Å². The predicted molar refractivity (Wildman–Crippen MR) is 65.5 cm³/mol. The first kappa shape index (κ1) is 13.3. The van der Waals surface area contributed by atoms with Crippen molar-refractivity contribution in [1.29, 1.82) is 0 Å².